The van der Waals surface area contributed by atoms with Crippen LogP contribution in [0.4, 0.5) is 18.9 Å². The summed E-state index contributed by atoms with van der Waals surface area (Å²) < 4.78 is 40.1. The summed E-state index contributed by atoms with van der Waals surface area (Å²) in [7, 11) is 0. The number of halogens is 4. The molecule has 0 unspecified atom stereocenters. The highest BCUT2D eigenvalue weighted by atomic mass is 35.5. The van der Waals surface area contributed by atoms with Gasteiger partial charge in [0, 0.05) is 18.8 Å². The normalized spacial score (nSPS) is 16.8. The van der Waals surface area contributed by atoms with Gasteiger partial charge in [0.15, 0.2) is 0 Å². The number of nitrogens with zero attached hydrogens (tertiary/aromatic N) is 1. The van der Waals surface area contributed by atoms with E-state index in [0.29, 0.717) is 0 Å². The zero-order chi connectivity index (χ0) is 13.2. The van der Waals surface area contributed by atoms with Gasteiger partial charge in [-0.2, -0.15) is 0 Å². The molecule has 1 aromatic rings. The van der Waals surface area contributed by atoms with E-state index in [2.05, 4.69) is 9.64 Å². The van der Waals surface area contributed by atoms with Crippen molar-refractivity contribution in [2.45, 2.75) is 25.6 Å². The highest BCUT2D eigenvalue weighted by Crippen LogP contribution is 2.33. The molecule has 0 bridgehead atoms. The van der Waals surface area contributed by atoms with Gasteiger partial charge in [0.2, 0.25) is 0 Å². The largest absolute Gasteiger partial charge is 0.573 e. The third kappa shape index (κ3) is 3.45. The van der Waals surface area contributed by atoms with Gasteiger partial charge in [-0.05, 0) is 37.5 Å². The second kappa shape index (κ2) is 5.26. The fourth-order valence-corrected chi connectivity index (χ4v) is 2.26. The molecule has 1 aliphatic rings. The van der Waals surface area contributed by atoms with Gasteiger partial charge in [-0.1, -0.05) is 11.6 Å². The molecule has 2 rings (SSSR count). The molecule has 1 aromatic carbocycles. The Balaban J connectivity index is 2.13. The number of alkyl halides is 3. The van der Waals surface area contributed by atoms with Crippen molar-refractivity contribution in [3.63, 3.8) is 0 Å². The van der Waals surface area contributed by atoms with E-state index >= 15 is 0 Å². The van der Waals surface area contributed by atoms with Crippen LogP contribution in [0, 0.1) is 0 Å². The van der Waals surface area contributed by atoms with Gasteiger partial charge in [-0.15, -0.1) is 13.2 Å². The number of anilines is 1. The van der Waals surface area contributed by atoms with Crippen LogP contribution in [0.2, 0.25) is 5.02 Å². The molecule has 0 aromatic heterocycles. The lowest BCUT2D eigenvalue weighted by Gasteiger charge is -2.29. The van der Waals surface area contributed by atoms with E-state index in [-0.39, 0.29) is 10.8 Å². The van der Waals surface area contributed by atoms with E-state index in [1.807, 2.05) is 0 Å². The molecule has 1 aliphatic heterocycles. The maximum absolute atomic E-state index is 12.1. The van der Waals surface area contributed by atoms with Gasteiger partial charge in [-0.3, -0.25) is 0 Å². The van der Waals surface area contributed by atoms with Crippen molar-refractivity contribution in [2.75, 3.05) is 18.0 Å². The molecule has 1 fully saturated rings. The van der Waals surface area contributed by atoms with Gasteiger partial charge in [0.25, 0.3) is 0 Å². The minimum absolute atomic E-state index is 0.0181. The van der Waals surface area contributed by atoms with Crippen molar-refractivity contribution in [2.24, 2.45) is 0 Å². The van der Waals surface area contributed by atoms with Crippen LogP contribution in [0.25, 0.3) is 0 Å². The Morgan fingerprint density at radius 3 is 2.33 bits per heavy atom. The second-order valence-electron chi connectivity index (χ2n) is 4.21. The summed E-state index contributed by atoms with van der Waals surface area (Å²) in [5, 5.41) is -0.0181. The van der Waals surface area contributed by atoms with Crippen molar-refractivity contribution in [1.82, 2.24) is 0 Å². The number of ether oxygens (including phenoxy) is 1. The maximum atomic E-state index is 12.1. The lowest BCUT2D eigenvalue weighted by Crippen LogP contribution is -2.29. The minimum Gasteiger partial charge on any atom is -0.404 e. The lowest BCUT2D eigenvalue weighted by molar-refractivity contribution is -0.274. The van der Waals surface area contributed by atoms with Crippen molar-refractivity contribution < 1.29 is 17.9 Å². The van der Waals surface area contributed by atoms with E-state index in [1.165, 1.54) is 18.6 Å². The van der Waals surface area contributed by atoms with Crippen LogP contribution in [0.3, 0.4) is 0 Å². The van der Waals surface area contributed by atoms with Crippen molar-refractivity contribution in [1.29, 1.82) is 0 Å². The van der Waals surface area contributed by atoms with E-state index < -0.39 is 6.36 Å². The van der Waals surface area contributed by atoms with Crippen LogP contribution < -0.4 is 9.64 Å². The van der Waals surface area contributed by atoms with E-state index in [9.17, 15) is 13.2 Å². The summed E-state index contributed by atoms with van der Waals surface area (Å²) in [6.07, 6.45) is -1.33. The van der Waals surface area contributed by atoms with Gasteiger partial charge in [0.1, 0.15) is 5.75 Å². The van der Waals surface area contributed by atoms with Gasteiger partial charge in [0.05, 0.1) is 5.02 Å². The van der Waals surface area contributed by atoms with Crippen molar-refractivity contribution in [3.8, 4) is 5.75 Å². The van der Waals surface area contributed by atoms with E-state index in [1.54, 1.807) is 6.07 Å². The molecule has 18 heavy (non-hydrogen) atoms. The molecule has 0 radical (unpaired) electrons. The van der Waals surface area contributed by atoms with E-state index in [4.69, 9.17) is 11.6 Å². The van der Waals surface area contributed by atoms with Crippen LogP contribution in [0.1, 0.15) is 19.3 Å². The third-order valence-corrected chi connectivity index (χ3v) is 3.16. The first-order chi connectivity index (χ1) is 8.46. The molecular weight excluding hydrogens is 267 g/mol. The molecule has 0 atom stereocenters. The molecular formula is C12H13ClF3NO. The van der Waals surface area contributed by atoms with Crippen LogP contribution in [-0.2, 0) is 0 Å². The number of benzene rings is 1. The number of hydrogen-bond donors (Lipinski definition) is 0. The Labute approximate surface area is 108 Å². The highest BCUT2D eigenvalue weighted by molar-refractivity contribution is 6.32. The summed E-state index contributed by atoms with van der Waals surface area (Å²) >= 11 is 5.80. The van der Waals surface area contributed by atoms with Gasteiger partial charge < -0.3 is 9.64 Å². The fraction of sp³-hybridized carbons (Fsp3) is 0.500. The van der Waals surface area contributed by atoms with Crippen LogP contribution in [-0.4, -0.2) is 19.5 Å². The Kier molecular flexibility index (Phi) is 3.90. The Morgan fingerprint density at radius 2 is 1.78 bits per heavy atom. The average molecular weight is 280 g/mol. The standard InChI is InChI=1S/C12H13ClF3NO/c13-10-8-9(17-6-2-1-3-7-17)4-5-11(10)18-12(14,15)16/h4-5,8H,1-3,6-7H2. The summed E-state index contributed by atoms with van der Waals surface area (Å²) in [4.78, 5) is 2.12. The molecule has 1 heterocycles. The molecule has 1 saturated heterocycles. The molecule has 6 heteroatoms. The maximum Gasteiger partial charge on any atom is 0.573 e. The highest BCUT2D eigenvalue weighted by Gasteiger charge is 2.32. The predicted octanol–water partition coefficient (Wildman–Crippen LogP) is 4.23. The number of hydrogen-bond acceptors (Lipinski definition) is 2. The first kappa shape index (κ1) is 13.3. The molecule has 0 amide bonds. The quantitative estimate of drug-likeness (QED) is 0.803. The summed E-state index contributed by atoms with van der Waals surface area (Å²) in [6, 6.07) is 4.39. The number of piperidine rings is 1. The fourth-order valence-electron chi connectivity index (χ4n) is 2.05. The summed E-state index contributed by atoms with van der Waals surface area (Å²) in [6.45, 7) is 1.83. The van der Waals surface area contributed by atoms with Crippen LogP contribution in [0.5, 0.6) is 5.75 Å². The van der Waals surface area contributed by atoms with Crippen LogP contribution in [0.15, 0.2) is 18.2 Å². The topological polar surface area (TPSA) is 12.5 Å². The molecule has 100 valence electrons. The lowest BCUT2D eigenvalue weighted by atomic mass is 10.1. The molecule has 0 N–H and O–H groups in total. The zero-order valence-corrected chi connectivity index (χ0v) is 10.4. The Bertz CT molecular complexity index is 416. The Hall–Kier alpha value is -1.10. The first-order valence-corrected chi connectivity index (χ1v) is 6.14. The molecule has 0 saturated carbocycles. The SMILES string of the molecule is FC(F)(F)Oc1ccc(N2CCCCC2)cc1Cl. The Morgan fingerprint density at radius 1 is 1.11 bits per heavy atom. The van der Waals surface area contributed by atoms with E-state index in [0.717, 1.165) is 31.6 Å². The summed E-state index contributed by atoms with van der Waals surface area (Å²) in [5.74, 6) is -0.357. The summed E-state index contributed by atoms with van der Waals surface area (Å²) in [5.41, 5.74) is 0.842. The molecule has 2 nitrogen and oxygen atoms in total. The molecule has 0 aliphatic carbocycles. The third-order valence-electron chi connectivity index (χ3n) is 2.86. The predicted molar refractivity (Wildman–Crippen MR) is 64.2 cm³/mol. The van der Waals surface area contributed by atoms with Gasteiger partial charge in [-0.25, -0.2) is 0 Å². The average Bonchev–Trinajstić information content (AvgIpc) is 2.31. The first-order valence-electron chi connectivity index (χ1n) is 5.76. The smallest absolute Gasteiger partial charge is 0.404 e. The number of rotatable bonds is 2. The van der Waals surface area contributed by atoms with Crippen molar-refractivity contribution >= 4 is 17.3 Å². The van der Waals surface area contributed by atoms with Gasteiger partial charge >= 0.3 is 6.36 Å². The zero-order valence-electron chi connectivity index (χ0n) is 9.63. The monoisotopic (exact) mass is 279 g/mol. The second-order valence-corrected chi connectivity index (χ2v) is 4.62. The van der Waals surface area contributed by atoms with Crippen molar-refractivity contribution in [3.05, 3.63) is 23.2 Å². The minimum atomic E-state index is -4.71. The molecule has 0 spiro atoms. The van der Waals surface area contributed by atoms with Crippen LogP contribution >= 0.6 is 11.6 Å².